The van der Waals surface area contributed by atoms with Gasteiger partial charge in [-0.3, -0.25) is 0 Å². The van der Waals surface area contributed by atoms with Crippen LogP contribution in [0.5, 0.6) is 0 Å². The normalized spacial score (nSPS) is 26.7. The lowest BCUT2D eigenvalue weighted by Gasteiger charge is -2.39. The van der Waals surface area contributed by atoms with Crippen molar-refractivity contribution in [3.05, 3.63) is 0 Å². The molecule has 2 aliphatic heterocycles. The maximum Gasteiger partial charge on any atom is 0.410 e. The molecular formula is C14H25NO4. The average Bonchev–Trinajstić information content (AvgIpc) is 2.71. The molecule has 2 aliphatic rings. The van der Waals surface area contributed by atoms with Crippen LogP contribution in [-0.2, 0) is 9.47 Å². The second-order valence-electron chi connectivity index (χ2n) is 6.61. The number of carbonyl (C=O) groups is 1. The number of aliphatic hydroxyl groups is 1. The quantitative estimate of drug-likeness (QED) is 0.791. The van der Waals surface area contributed by atoms with Gasteiger partial charge in [0.2, 0.25) is 0 Å². The summed E-state index contributed by atoms with van der Waals surface area (Å²) in [4.78, 5) is 13.7. The highest BCUT2D eigenvalue weighted by atomic mass is 16.6. The van der Waals surface area contributed by atoms with Gasteiger partial charge in [0.25, 0.3) is 0 Å². The summed E-state index contributed by atoms with van der Waals surface area (Å²) in [5.41, 5.74) is -0.566. The highest BCUT2D eigenvalue weighted by molar-refractivity contribution is 5.68. The zero-order chi connectivity index (χ0) is 14.1. The number of nitrogens with zero attached hydrogens (tertiary/aromatic N) is 1. The fraction of sp³-hybridized carbons (Fsp3) is 0.929. The highest BCUT2D eigenvalue weighted by Gasteiger charge is 2.43. The molecule has 2 rings (SSSR count). The Bertz CT molecular complexity index is 329. The Balaban J connectivity index is 1.84. The van der Waals surface area contributed by atoms with Crippen LogP contribution in [0.25, 0.3) is 0 Å². The Labute approximate surface area is 114 Å². The predicted octanol–water partition coefficient (Wildman–Crippen LogP) is 1.93. The molecule has 0 aromatic carbocycles. The van der Waals surface area contributed by atoms with E-state index < -0.39 is 5.60 Å². The second kappa shape index (κ2) is 5.29. The number of hydrogen-bond donors (Lipinski definition) is 1. The summed E-state index contributed by atoms with van der Waals surface area (Å²) in [6.45, 7) is 7.07. The van der Waals surface area contributed by atoms with Crippen molar-refractivity contribution in [2.24, 2.45) is 0 Å². The number of piperidine rings is 1. The Morgan fingerprint density at radius 1 is 1.37 bits per heavy atom. The number of rotatable bonds is 1. The first-order chi connectivity index (χ1) is 8.84. The van der Waals surface area contributed by atoms with E-state index in [-0.39, 0.29) is 24.4 Å². The van der Waals surface area contributed by atoms with Crippen molar-refractivity contribution in [2.45, 2.75) is 63.8 Å². The van der Waals surface area contributed by atoms with Crippen LogP contribution >= 0.6 is 0 Å². The Kier molecular flexibility index (Phi) is 4.06. The maximum absolute atomic E-state index is 12.0. The fourth-order valence-electron chi connectivity index (χ4n) is 2.82. The third-order valence-corrected chi connectivity index (χ3v) is 3.87. The van der Waals surface area contributed by atoms with Crippen LogP contribution in [-0.4, -0.2) is 53.1 Å². The van der Waals surface area contributed by atoms with E-state index in [1.807, 2.05) is 20.8 Å². The van der Waals surface area contributed by atoms with Crippen LogP contribution in [0.2, 0.25) is 0 Å². The summed E-state index contributed by atoms with van der Waals surface area (Å²) in [5.74, 6) is 0. The van der Waals surface area contributed by atoms with Crippen molar-refractivity contribution in [3.63, 3.8) is 0 Å². The van der Waals surface area contributed by atoms with Crippen molar-refractivity contribution in [2.75, 3.05) is 19.7 Å². The first-order valence-electron chi connectivity index (χ1n) is 7.10. The van der Waals surface area contributed by atoms with E-state index >= 15 is 0 Å². The summed E-state index contributed by atoms with van der Waals surface area (Å²) < 4.78 is 11.3. The zero-order valence-electron chi connectivity index (χ0n) is 12.1. The van der Waals surface area contributed by atoms with E-state index in [4.69, 9.17) is 14.6 Å². The van der Waals surface area contributed by atoms with Gasteiger partial charge in [-0.25, -0.2) is 4.79 Å². The van der Waals surface area contributed by atoms with Gasteiger partial charge in [-0.05, 0) is 46.5 Å². The number of likely N-dealkylation sites (tertiary alicyclic amines) is 1. The van der Waals surface area contributed by atoms with Crippen LogP contribution < -0.4 is 0 Å². The molecule has 19 heavy (non-hydrogen) atoms. The molecule has 1 spiro atoms. The molecule has 1 atom stereocenters. The summed E-state index contributed by atoms with van der Waals surface area (Å²) >= 11 is 0. The van der Waals surface area contributed by atoms with Crippen LogP contribution in [0.4, 0.5) is 4.79 Å². The van der Waals surface area contributed by atoms with E-state index in [2.05, 4.69) is 0 Å². The van der Waals surface area contributed by atoms with Crippen LogP contribution in [0, 0.1) is 0 Å². The van der Waals surface area contributed by atoms with Crippen molar-refractivity contribution < 1.29 is 19.4 Å². The number of hydrogen-bond acceptors (Lipinski definition) is 4. The summed E-state index contributed by atoms with van der Waals surface area (Å²) in [7, 11) is 0. The first kappa shape index (κ1) is 14.6. The Morgan fingerprint density at radius 3 is 2.47 bits per heavy atom. The van der Waals surface area contributed by atoms with Gasteiger partial charge in [0.05, 0.1) is 18.3 Å². The predicted molar refractivity (Wildman–Crippen MR) is 71.0 cm³/mol. The van der Waals surface area contributed by atoms with Crippen LogP contribution in [0.3, 0.4) is 0 Å². The molecule has 0 radical (unpaired) electrons. The average molecular weight is 271 g/mol. The van der Waals surface area contributed by atoms with Crippen LogP contribution in [0.1, 0.15) is 46.5 Å². The topological polar surface area (TPSA) is 59.0 Å². The molecule has 2 fully saturated rings. The van der Waals surface area contributed by atoms with E-state index in [0.717, 1.165) is 25.7 Å². The molecule has 2 saturated heterocycles. The molecule has 5 nitrogen and oxygen atoms in total. The minimum absolute atomic E-state index is 0.0203. The highest BCUT2D eigenvalue weighted by Crippen LogP contribution is 2.38. The van der Waals surface area contributed by atoms with Crippen molar-refractivity contribution in [1.29, 1.82) is 0 Å². The molecule has 1 N–H and O–H groups in total. The lowest BCUT2D eigenvalue weighted by Crippen LogP contribution is -2.48. The molecule has 0 bridgehead atoms. The lowest BCUT2D eigenvalue weighted by molar-refractivity contribution is -0.0893. The zero-order valence-corrected chi connectivity index (χ0v) is 12.1. The molecular weight excluding hydrogens is 246 g/mol. The monoisotopic (exact) mass is 271 g/mol. The van der Waals surface area contributed by atoms with E-state index in [1.54, 1.807) is 4.90 Å². The molecule has 1 amide bonds. The standard InChI is InChI=1S/C14H25NO4/c1-13(2,3)19-12(17)15-8-6-14(7-9-15)5-4-11(10-16)18-14/h11,16H,4-10H2,1-3H3. The minimum atomic E-state index is -0.446. The number of carbonyl (C=O) groups excluding carboxylic acids is 1. The summed E-state index contributed by atoms with van der Waals surface area (Å²) in [5, 5.41) is 9.14. The van der Waals surface area contributed by atoms with E-state index in [9.17, 15) is 4.79 Å². The molecule has 0 saturated carbocycles. The SMILES string of the molecule is CC(C)(C)OC(=O)N1CCC2(CCC(CO)O2)CC1. The molecule has 2 heterocycles. The molecule has 0 aliphatic carbocycles. The van der Waals surface area contributed by atoms with Crippen molar-refractivity contribution in [1.82, 2.24) is 4.90 Å². The van der Waals surface area contributed by atoms with Gasteiger partial charge in [0.1, 0.15) is 5.60 Å². The van der Waals surface area contributed by atoms with Crippen LogP contribution in [0.15, 0.2) is 0 Å². The van der Waals surface area contributed by atoms with Gasteiger partial charge in [0.15, 0.2) is 0 Å². The van der Waals surface area contributed by atoms with E-state index in [0.29, 0.717) is 13.1 Å². The maximum atomic E-state index is 12.0. The fourth-order valence-corrected chi connectivity index (χ4v) is 2.82. The molecule has 0 aromatic heterocycles. The molecule has 1 unspecified atom stereocenters. The third kappa shape index (κ3) is 3.60. The van der Waals surface area contributed by atoms with Gasteiger partial charge in [-0.1, -0.05) is 0 Å². The Hall–Kier alpha value is -0.810. The second-order valence-corrected chi connectivity index (χ2v) is 6.61. The summed E-state index contributed by atoms with van der Waals surface area (Å²) in [6.07, 6.45) is 3.32. The van der Waals surface area contributed by atoms with Crippen molar-refractivity contribution in [3.8, 4) is 0 Å². The molecule has 110 valence electrons. The Morgan fingerprint density at radius 2 is 2.00 bits per heavy atom. The van der Waals surface area contributed by atoms with Gasteiger partial charge in [-0.15, -0.1) is 0 Å². The van der Waals surface area contributed by atoms with Crippen molar-refractivity contribution >= 4 is 6.09 Å². The molecule has 0 aromatic rings. The largest absolute Gasteiger partial charge is 0.444 e. The van der Waals surface area contributed by atoms with Gasteiger partial charge < -0.3 is 19.5 Å². The summed E-state index contributed by atoms with van der Waals surface area (Å²) in [6, 6.07) is 0. The number of amides is 1. The lowest BCUT2D eigenvalue weighted by atomic mass is 9.89. The van der Waals surface area contributed by atoms with Gasteiger partial charge >= 0.3 is 6.09 Å². The number of ether oxygens (including phenoxy) is 2. The third-order valence-electron chi connectivity index (χ3n) is 3.87. The van der Waals surface area contributed by atoms with Gasteiger partial charge in [0, 0.05) is 13.1 Å². The number of aliphatic hydroxyl groups excluding tert-OH is 1. The van der Waals surface area contributed by atoms with Gasteiger partial charge in [-0.2, -0.15) is 0 Å². The minimum Gasteiger partial charge on any atom is -0.444 e. The first-order valence-corrected chi connectivity index (χ1v) is 7.10. The molecule has 5 heteroatoms. The smallest absolute Gasteiger partial charge is 0.410 e. The van der Waals surface area contributed by atoms with E-state index in [1.165, 1.54) is 0 Å².